The molecule has 7 nitrogen and oxygen atoms in total. The van der Waals surface area contributed by atoms with Crippen molar-refractivity contribution < 1.29 is 22.7 Å². The van der Waals surface area contributed by atoms with Gasteiger partial charge in [0.1, 0.15) is 5.75 Å². The molecule has 0 aromatic heterocycles. The molecule has 0 bridgehead atoms. The van der Waals surface area contributed by atoms with E-state index in [0.717, 1.165) is 5.56 Å². The van der Waals surface area contributed by atoms with E-state index in [0.29, 0.717) is 37.7 Å². The fourth-order valence-corrected chi connectivity index (χ4v) is 4.19. The molecule has 3 rings (SSSR count). The summed E-state index contributed by atoms with van der Waals surface area (Å²) >= 11 is 0. The number of amides is 1. The van der Waals surface area contributed by atoms with Crippen molar-refractivity contribution in [1.82, 2.24) is 4.31 Å². The molecule has 0 aliphatic carbocycles. The van der Waals surface area contributed by atoms with Gasteiger partial charge in [-0.05, 0) is 35.9 Å². The van der Waals surface area contributed by atoms with Crippen molar-refractivity contribution in [1.29, 1.82) is 0 Å². The number of hydrogen-bond acceptors (Lipinski definition) is 5. The van der Waals surface area contributed by atoms with E-state index in [1.807, 2.05) is 6.07 Å². The molecule has 1 fully saturated rings. The Balaban J connectivity index is 1.65. The smallest absolute Gasteiger partial charge is 0.248 e. The zero-order valence-corrected chi connectivity index (χ0v) is 16.3. The van der Waals surface area contributed by atoms with E-state index in [1.165, 1.54) is 17.5 Å². The molecule has 1 aliphatic rings. The van der Waals surface area contributed by atoms with Gasteiger partial charge >= 0.3 is 0 Å². The number of benzene rings is 2. The van der Waals surface area contributed by atoms with Crippen LogP contribution in [0.3, 0.4) is 0 Å². The van der Waals surface area contributed by atoms with E-state index in [-0.39, 0.29) is 10.8 Å². The third kappa shape index (κ3) is 4.78. The number of nitrogens with one attached hydrogen (secondary N) is 1. The van der Waals surface area contributed by atoms with Crippen LogP contribution in [0.25, 0.3) is 6.08 Å². The molecule has 1 aliphatic heterocycles. The van der Waals surface area contributed by atoms with Gasteiger partial charge in [0.15, 0.2) is 0 Å². The average Bonchev–Trinajstić information content (AvgIpc) is 2.73. The summed E-state index contributed by atoms with van der Waals surface area (Å²) in [5.41, 5.74) is 1.29. The minimum Gasteiger partial charge on any atom is -0.495 e. The molecule has 1 amide bonds. The van der Waals surface area contributed by atoms with Gasteiger partial charge in [-0.1, -0.05) is 24.3 Å². The number of anilines is 1. The van der Waals surface area contributed by atoms with E-state index in [1.54, 1.807) is 48.5 Å². The number of nitrogens with zero attached hydrogens (tertiary/aromatic N) is 1. The zero-order valence-electron chi connectivity index (χ0n) is 15.5. The fraction of sp³-hybridized carbons (Fsp3) is 0.250. The highest BCUT2D eigenvalue weighted by atomic mass is 32.2. The first-order valence-electron chi connectivity index (χ1n) is 8.81. The zero-order chi connectivity index (χ0) is 20.0. The van der Waals surface area contributed by atoms with Crippen molar-refractivity contribution in [2.75, 3.05) is 38.7 Å². The standard InChI is InChI=1S/C20H22N2O5S/c1-26-19-5-3-2-4-18(19)21-20(23)11-8-16-6-9-17(10-7-16)28(24,25)22-12-14-27-15-13-22/h2-11H,12-15H2,1H3,(H,21,23). The van der Waals surface area contributed by atoms with Crippen LogP contribution in [0.4, 0.5) is 5.69 Å². The number of carbonyl (C=O) groups is 1. The van der Waals surface area contributed by atoms with Gasteiger partial charge in [-0.25, -0.2) is 8.42 Å². The Morgan fingerprint density at radius 2 is 1.79 bits per heavy atom. The average molecular weight is 402 g/mol. The van der Waals surface area contributed by atoms with Crippen molar-refractivity contribution >= 4 is 27.7 Å². The van der Waals surface area contributed by atoms with E-state index < -0.39 is 10.0 Å². The normalized spacial score (nSPS) is 15.5. The molecule has 0 spiro atoms. The molecule has 1 saturated heterocycles. The number of carbonyl (C=O) groups excluding carboxylic acids is 1. The van der Waals surface area contributed by atoms with Crippen molar-refractivity contribution in [3.05, 3.63) is 60.2 Å². The highest BCUT2D eigenvalue weighted by Crippen LogP contribution is 2.23. The minimum atomic E-state index is -3.52. The van der Waals surface area contributed by atoms with Crippen LogP contribution in [0.2, 0.25) is 0 Å². The summed E-state index contributed by atoms with van der Waals surface area (Å²) in [5.74, 6) is 0.261. The van der Waals surface area contributed by atoms with Gasteiger partial charge in [0.05, 0.1) is 30.9 Å². The van der Waals surface area contributed by atoms with Gasteiger partial charge in [-0.2, -0.15) is 4.31 Å². The summed E-state index contributed by atoms with van der Waals surface area (Å²) in [5, 5.41) is 2.75. The van der Waals surface area contributed by atoms with Crippen LogP contribution in [-0.2, 0) is 19.6 Å². The lowest BCUT2D eigenvalue weighted by Crippen LogP contribution is -2.40. The second-order valence-corrected chi connectivity index (χ2v) is 8.05. The maximum absolute atomic E-state index is 12.6. The van der Waals surface area contributed by atoms with Crippen molar-refractivity contribution in [3.63, 3.8) is 0 Å². The first-order valence-corrected chi connectivity index (χ1v) is 10.2. The number of sulfonamides is 1. The Morgan fingerprint density at radius 3 is 2.46 bits per heavy atom. The maximum atomic E-state index is 12.6. The maximum Gasteiger partial charge on any atom is 0.248 e. The van der Waals surface area contributed by atoms with E-state index >= 15 is 0 Å². The molecule has 1 heterocycles. The van der Waals surface area contributed by atoms with Gasteiger partial charge in [-0.15, -0.1) is 0 Å². The largest absolute Gasteiger partial charge is 0.495 e. The van der Waals surface area contributed by atoms with Crippen LogP contribution in [0.5, 0.6) is 5.75 Å². The Labute approximate surface area is 164 Å². The molecular formula is C20H22N2O5S. The van der Waals surface area contributed by atoms with Crippen LogP contribution in [0, 0.1) is 0 Å². The molecular weight excluding hydrogens is 380 g/mol. The van der Waals surface area contributed by atoms with Crippen molar-refractivity contribution in [2.45, 2.75) is 4.90 Å². The van der Waals surface area contributed by atoms with Gasteiger partial charge in [0, 0.05) is 19.2 Å². The van der Waals surface area contributed by atoms with Crippen LogP contribution < -0.4 is 10.1 Å². The second-order valence-electron chi connectivity index (χ2n) is 6.11. The molecule has 28 heavy (non-hydrogen) atoms. The lowest BCUT2D eigenvalue weighted by atomic mass is 10.2. The summed E-state index contributed by atoms with van der Waals surface area (Å²) in [4.78, 5) is 12.3. The number of hydrogen-bond donors (Lipinski definition) is 1. The topological polar surface area (TPSA) is 84.9 Å². The highest BCUT2D eigenvalue weighted by Gasteiger charge is 2.25. The third-order valence-electron chi connectivity index (χ3n) is 4.28. The molecule has 0 atom stereocenters. The molecule has 8 heteroatoms. The molecule has 1 N–H and O–H groups in total. The first-order chi connectivity index (χ1) is 13.5. The first kappa shape index (κ1) is 20.1. The lowest BCUT2D eigenvalue weighted by molar-refractivity contribution is -0.111. The number of rotatable bonds is 6. The Morgan fingerprint density at radius 1 is 1.11 bits per heavy atom. The number of para-hydroxylation sites is 2. The number of morpholine rings is 1. The van der Waals surface area contributed by atoms with Crippen molar-refractivity contribution in [2.24, 2.45) is 0 Å². The quantitative estimate of drug-likeness (QED) is 0.750. The van der Waals surface area contributed by atoms with Gasteiger partial charge in [-0.3, -0.25) is 4.79 Å². The monoisotopic (exact) mass is 402 g/mol. The van der Waals surface area contributed by atoms with Crippen molar-refractivity contribution in [3.8, 4) is 5.75 Å². The number of methoxy groups -OCH3 is 1. The molecule has 148 valence electrons. The second kappa shape index (κ2) is 9.01. The molecule has 2 aromatic rings. The lowest BCUT2D eigenvalue weighted by Gasteiger charge is -2.26. The Bertz CT molecular complexity index is 949. The Kier molecular flexibility index (Phi) is 6.45. The summed E-state index contributed by atoms with van der Waals surface area (Å²) in [6, 6.07) is 13.5. The highest BCUT2D eigenvalue weighted by molar-refractivity contribution is 7.89. The molecule has 0 saturated carbocycles. The Hall–Kier alpha value is -2.68. The molecule has 0 radical (unpaired) electrons. The van der Waals surface area contributed by atoms with Crippen LogP contribution in [-0.4, -0.2) is 52.0 Å². The van der Waals surface area contributed by atoms with Crippen LogP contribution in [0.15, 0.2) is 59.5 Å². The van der Waals surface area contributed by atoms with E-state index in [9.17, 15) is 13.2 Å². The van der Waals surface area contributed by atoms with E-state index in [2.05, 4.69) is 5.32 Å². The summed E-state index contributed by atoms with van der Waals surface area (Å²) in [7, 11) is -1.99. The predicted molar refractivity (Wildman–Crippen MR) is 107 cm³/mol. The minimum absolute atomic E-state index is 0.227. The van der Waals surface area contributed by atoms with E-state index in [4.69, 9.17) is 9.47 Å². The molecule has 2 aromatic carbocycles. The van der Waals surface area contributed by atoms with Crippen LogP contribution in [0.1, 0.15) is 5.56 Å². The van der Waals surface area contributed by atoms with Crippen LogP contribution >= 0.6 is 0 Å². The summed E-state index contributed by atoms with van der Waals surface area (Å²) < 4.78 is 37.0. The predicted octanol–water partition coefficient (Wildman–Crippen LogP) is 2.37. The third-order valence-corrected chi connectivity index (χ3v) is 6.19. The summed E-state index contributed by atoms with van der Waals surface area (Å²) in [6.07, 6.45) is 3.01. The van der Waals surface area contributed by atoms with Gasteiger partial charge in [0.2, 0.25) is 15.9 Å². The van der Waals surface area contributed by atoms with Gasteiger partial charge < -0.3 is 14.8 Å². The SMILES string of the molecule is COc1ccccc1NC(=O)C=Cc1ccc(S(=O)(=O)N2CCOCC2)cc1. The number of ether oxygens (including phenoxy) is 2. The van der Waals surface area contributed by atoms with Gasteiger partial charge in [0.25, 0.3) is 0 Å². The summed E-state index contributed by atoms with van der Waals surface area (Å²) in [6.45, 7) is 1.52. The fourth-order valence-electron chi connectivity index (χ4n) is 2.78. The molecule has 0 unspecified atom stereocenters.